The molecule has 0 spiro atoms. The van der Waals surface area contributed by atoms with Crippen LogP contribution in [-0.4, -0.2) is 0 Å². The molecule has 5 aromatic carbocycles. The molecule has 5 rings (SSSR count). The lowest BCUT2D eigenvalue weighted by molar-refractivity contribution is 0.210. The highest BCUT2D eigenvalue weighted by Crippen LogP contribution is 2.48. The molecule has 0 amide bonds. The van der Waals surface area contributed by atoms with Gasteiger partial charge in [-0.1, -0.05) is 159 Å². The molecule has 0 bridgehead atoms. The third-order valence-corrected chi connectivity index (χ3v) is 8.14. The maximum atomic E-state index is 6.99. The van der Waals surface area contributed by atoms with Gasteiger partial charge >= 0.3 is 0 Å². The van der Waals surface area contributed by atoms with Gasteiger partial charge in [-0.3, -0.25) is 0 Å². The fourth-order valence-electron chi connectivity index (χ4n) is 6.18. The molecule has 1 heteroatoms. The molecule has 0 aromatic heterocycles. The molecule has 0 aliphatic rings. The fraction of sp³-hybridized carbons (Fsp3) is 0.211. The molecule has 1 unspecified atom stereocenters. The van der Waals surface area contributed by atoms with E-state index in [-0.39, 0.29) is 23.3 Å². The normalized spacial score (nSPS) is 12.5. The summed E-state index contributed by atoms with van der Waals surface area (Å²) in [4.78, 5) is 0. The molecule has 0 aliphatic heterocycles. The lowest BCUT2D eigenvalue weighted by Crippen LogP contribution is -2.29. The summed E-state index contributed by atoms with van der Waals surface area (Å²) in [6, 6.07) is 54.5. The van der Waals surface area contributed by atoms with E-state index in [1.54, 1.807) is 0 Å². The summed E-state index contributed by atoms with van der Waals surface area (Å²) < 4.78 is 0. The van der Waals surface area contributed by atoms with Gasteiger partial charge in [0.15, 0.2) is 0 Å². The summed E-state index contributed by atoms with van der Waals surface area (Å²) in [5.41, 5.74) is 13.6. The predicted molar refractivity (Wildman–Crippen MR) is 165 cm³/mol. The van der Waals surface area contributed by atoms with Crippen LogP contribution < -0.4 is 5.73 Å². The zero-order chi connectivity index (χ0) is 26.9. The molecule has 5 aromatic rings. The third kappa shape index (κ3) is 6.93. The topological polar surface area (TPSA) is 26.0 Å². The van der Waals surface area contributed by atoms with Crippen LogP contribution >= 0.6 is 0 Å². The van der Waals surface area contributed by atoms with Crippen molar-refractivity contribution in [1.29, 1.82) is 0 Å². The fourth-order valence-corrected chi connectivity index (χ4v) is 6.18. The molecule has 1 nitrogen and oxygen atoms in total. The van der Waals surface area contributed by atoms with E-state index in [9.17, 15) is 0 Å². The molecule has 1 atom stereocenters. The summed E-state index contributed by atoms with van der Waals surface area (Å²) in [5.74, 6) is 0.570. The van der Waals surface area contributed by atoms with E-state index >= 15 is 0 Å². The van der Waals surface area contributed by atoms with Crippen LogP contribution in [0.5, 0.6) is 0 Å². The zero-order valence-electron chi connectivity index (χ0n) is 22.9. The van der Waals surface area contributed by atoms with Crippen LogP contribution in [0.15, 0.2) is 152 Å². The van der Waals surface area contributed by atoms with Crippen LogP contribution in [0.4, 0.5) is 0 Å². The summed E-state index contributed by atoms with van der Waals surface area (Å²) in [6.45, 7) is 2.47. The van der Waals surface area contributed by atoms with Crippen molar-refractivity contribution in [3.8, 4) is 0 Å². The Hall–Kier alpha value is -3.94. The molecule has 196 valence electrons. The maximum absolute atomic E-state index is 6.99. The van der Waals surface area contributed by atoms with Crippen LogP contribution in [0.1, 0.15) is 71.9 Å². The number of hydrogen-bond donors (Lipinski definition) is 1. The Morgan fingerprint density at radius 1 is 0.410 bits per heavy atom. The highest BCUT2D eigenvalue weighted by Gasteiger charge is 2.35. The van der Waals surface area contributed by atoms with Gasteiger partial charge in [0.25, 0.3) is 0 Å². The molecule has 0 aliphatic carbocycles. The Labute approximate surface area is 234 Å². The van der Waals surface area contributed by atoms with Gasteiger partial charge in [-0.25, -0.2) is 0 Å². The predicted octanol–water partition coefficient (Wildman–Crippen LogP) is 9.53. The average molecular weight is 510 g/mol. The van der Waals surface area contributed by atoms with Crippen molar-refractivity contribution in [3.63, 3.8) is 0 Å². The van der Waals surface area contributed by atoms with Crippen molar-refractivity contribution in [2.24, 2.45) is 11.1 Å². The van der Waals surface area contributed by atoms with Crippen molar-refractivity contribution in [2.75, 3.05) is 0 Å². The van der Waals surface area contributed by atoms with E-state index < -0.39 is 0 Å². The highest BCUT2D eigenvalue weighted by atomic mass is 14.6. The largest absolute Gasteiger partial charge is 0.324 e. The van der Waals surface area contributed by atoms with Crippen LogP contribution in [0.3, 0.4) is 0 Å². The van der Waals surface area contributed by atoms with Gasteiger partial charge in [0.2, 0.25) is 0 Å². The maximum Gasteiger partial charge on any atom is 0.0300 e. The molecular weight excluding hydrogens is 470 g/mol. The molecule has 0 radical (unpaired) electrons. The molecule has 2 N–H and O–H groups in total. The first-order valence-corrected chi connectivity index (χ1v) is 14.1. The van der Waals surface area contributed by atoms with Gasteiger partial charge in [-0.05, 0) is 52.5 Å². The lowest BCUT2D eigenvalue weighted by atomic mass is 9.66. The Kier molecular flexibility index (Phi) is 8.71. The number of nitrogens with two attached hydrogens (primary N) is 1. The minimum atomic E-state index is -0.0397. The van der Waals surface area contributed by atoms with E-state index in [4.69, 9.17) is 5.73 Å². The van der Waals surface area contributed by atoms with Gasteiger partial charge < -0.3 is 5.73 Å². The second kappa shape index (κ2) is 12.7. The Morgan fingerprint density at radius 3 is 0.949 bits per heavy atom. The van der Waals surface area contributed by atoms with Crippen LogP contribution in [0.2, 0.25) is 0 Å². The number of benzene rings is 5. The zero-order valence-corrected chi connectivity index (χ0v) is 22.9. The first kappa shape index (κ1) is 26.7. The highest BCUT2D eigenvalue weighted by molar-refractivity contribution is 5.35. The second-order valence-corrected chi connectivity index (χ2v) is 11.2. The Morgan fingerprint density at radius 2 is 0.667 bits per heavy atom. The molecule has 39 heavy (non-hydrogen) atoms. The van der Waals surface area contributed by atoms with Crippen molar-refractivity contribution >= 4 is 0 Å². The van der Waals surface area contributed by atoms with Crippen LogP contribution in [0, 0.1) is 5.41 Å². The molecule has 0 fully saturated rings. The summed E-state index contributed by atoms with van der Waals surface area (Å²) in [6.07, 6.45) is 2.93. The SMILES string of the molecule is CC(CC(N)c1ccccc1)(CC(c1ccccc1)c1ccccc1)CC(c1ccccc1)c1ccccc1. The Balaban J connectivity index is 1.57. The number of hydrogen-bond acceptors (Lipinski definition) is 1. The quantitative estimate of drug-likeness (QED) is 0.188. The van der Waals surface area contributed by atoms with Gasteiger partial charge in [-0.2, -0.15) is 0 Å². The van der Waals surface area contributed by atoms with Crippen LogP contribution in [-0.2, 0) is 0 Å². The molecule has 0 saturated heterocycles. The van der Waals surface area contributed by atoms with E-state index in [1.165, 1.54) is 27.8 Å². The smallest absolute Gasteiger partial charge is 0.0300 e. The third-order valence-electron chi connectivity index (χ3n) is 8.14. The van der Waals surface area contributed by atoms with Crippen molar-refractivity contribution < 1.29 is 0 Å². The van der Waals surface area contributed by atoms with E-state index in [0.717, 1.165) is 19.3 Å². The van der Waals surface area contributed by atoms with Crippen molar-refractivity contribution in [3.05, 3.63) is 179 Å². The standard InChI is InChI=1S/C38H39N/c1-38(29-37(39)34-25-15-6-16-26-34,27-35(30-17-7-2-8-18-30)31-19-9-3-10-20-31)28-36(32-21-11-4-12-22-32)33-23-13-5-14-24-33/h2-26,35-37H,27-29,39H2,1H3. The van der Waals surface area contributed by atoms with E-state index in [2.05, 4.69) is 159 Å². The van der Waals surface area contributed by atoms with E-state index in [1.807, 2.05) is 0 Å². The van der Waals surface area contributed by atoms with Gasteiger partial charge in [0, 0.05) is 17.9 Å². The monoisotopic (exact) mass is 509 g/mol. The Bertz CT molecular complexity index is 1220. The first-order valence-electron chi connectivity index (χ1n) is 14.1. The molecule has 0 saturated carbocycles. The van der Waals surface area contributed by atoms with Crippen LogP contribution in [0.25, 0.3) is 0 Å². The lowest BCUT2D eigenvalue weighted by Gasteiger charge is -2.39. The molecular formula is C38H39N. The molecule has 0 heterocycles. The summed E-state index contributed by atoms with van der Waals surface area (Å²) >= 11 is 0. The van der Waals surface area contributed by atoms with Crippen molar-refractivity contribution in [1.82, 2.24) is 0 Å². The average Bonchev–Trinajstić information content (AvgIpc) is 3.01. The minimum Gasteiger partial charge on any atom is -0.324 e. The van der Waals surface area contributed by atoms with E-state index in [0.29, 0.717) is 0 Å². The van der Waals surface area contributed by atoms with Gasteiger partial charge in [-0.15, -0.1) is 0 Å². The number of rotatable bonds is 11. The summed E-state index contributed by atoms with van der Waals surface area (Å²) in [7, 11) is 0. The first-order chi connectivity index (χ1) is 19.1. The minimum absolute atomic E-state index is 0.0319. The van der Waals surface area contributed by atoms with Gasteiger partial charge in [0.05, 0.1) is 0 Å². The second-order valence-electron chi connectivity index (χ2n) is 11.2. The summed E-state index contributed by atoms with van der Waals surface area (Å²) in [5, 5.41) is 0. The van der Waals surface area contributed by atoms with Crippen molar-refractivity contribution in [2.45, 2.75) is 44.1 Å². The van der Waals surface area contributed by atoms with Gasteiger partial charge in [0.1, 0.15) is 0 Å².